The van der Waals surface area contributed by atoms with Gasteiger partial charge < -0.3 is 20.1 Å². The molecule has 0 radical (unpaired) electrons. The Morgan fingerprint density at radius 2 is 1.67 bits per heavy atom. The van der Waals surface area contributed by atoms with Crippen LogP contribution in [0.1, 0.15) is 31.0 Å². The highest BCUT2D eigenvalue weighted by atomic mass is 35.5. The van der Waals surface area contributed by atoms with Gasteiger partial charge in [0.15, 0.2) is 11.5 Å². The number of amides is 1. The van der Waals surface area contributed by atoms with E-state index < -0.39 is 6.04 Å². The zero-order valence-electron chi connectivity index (χ0n) is 16.0. The molecule has 0 saturated carbocycles. The Hall–Kier alpha value is -2.11. The maximum Gasteiger partial charge on any atom is 0.242 e. The molecule has 2 aromatic carbocycles. The summed E-state index contributed by atoms with van der Waals surface area (Å²) in [5.74, 6) is 1.09. The summed E-state index contributed by atoms with van der Waals surface area (Å²) in [6.07, 6.45) is 0. The number of aryl methyl sites for hydroxylation is 1. The van der Waals surface area contributed by atoms with E-state index in [9.17, 15) is 4.79 Å². The molecule has 0 spiro atoms. The summed E-state index contributed by atoms with van der Waals surface area (Å²) < 4.78 is 10.6. The summed E-state index contributed by atoms with van der Waals surface area (Å²) in [6.45, 7) is 5.61. The van der Waals surface area contributed by atoms with Crippen molar-refractivity contribution >= 4 is 34.8 Å². The van der Waals surface area contributed by atoms with Crippen LogP contribution in [-0.2, 0) is 4.79 Å². The van der Waals surface area contributed by atoms with Gasteiger partial charge >= 0.3 is 0 Å². The third kappa shape index (κ3) is 5.21. The Morgan fingerprint density at radius 1 is 1.04 bits per heavy atom. The fourth-order valence-electron chi connectivity index (χ4n) is 2.70. The van der Waals surface area contributed by atoms with Gasteiger partial charge in [-0.05, 0) is 50.1 Å². The average molecular weight is 411 g/mol. The standard InChI is InChI=1S/C20H24Cl2N2O3/c1-11-8-18(26-4)19(27-5)10-17(11)23-13(3)20(25)24-12(2)15-7-6-14(21)9-16(15)22/h6-10,12-13,23H,1-5H3,(H,24,25)/t12-,13+/m0/s1. The largest absolute Gasteiger partial charge is 0.493 e. The molecule has 2 rings (SSSR count). The Labute approximate surface area is 170 Å². The van der Waals surface area contributed by atoms with Crippen molar-refractivity contribution in [1.82, 2.24) is 5.32 Å². The van der Waals surface area contributed by atoms with E-state index in [1.807, 2.05) is 32.0 Å². The predicted octanol–water partition coefficient (Wildman–Crippen LogP) is 5.00. The van der Waals surface area contributed by atoms with Crippen molar-refractivity contribution in [2.24, 2.45) is 0 Å². The summed E-state index contributed by atoms with van der Waals surface area (Å²) in [5, 5.41) is 7.25. The number of hydrogen-bond acceptors (Lipinski definition) is 4. The van der Waals surface area contributed by atoms with Gasteiger partial charge in [0, 0.05) is 21.8 Å². The van der Waals surface area contributed by atoms with Crippen LogP contribution in [0.2, 0.25) is 10.0 Å². The molecule has 1 amide bonds. The molecule has 0 fully saturated rings. The van der Waals surface area contributed by atoms with Crippen molar-refractivity contribution in [3.05, 3.63) is 51.5 Å². The number of benzene rings is 2. The van der Waals surface area contributed by atoms with E-state index in [2.05, 4.69) is 10.6 Å². The van der Waals surface area contributed by atoms with E-state index in [0.29, 0.717) is 21.5 Å². The summed E-state index contributed by atoms with van der Waals surface area (Å²) >= 11 is 12.2. The van der Waals surface area contributed by atoms with Crippen LogP contribution >= 0.6 is 23.2 Å². The molecule has 0 aliphatic heterocycles. The molecule has 2 atom stereocenters. The van der Waals surface area contributed by atoms with Crippen molar-refractivity contribution in [1.29, 1.82) is 0 Å². The first kappa shape index (κ1) is 21.2. The molecule has 27 heavy (non-hydrogen) atoms. The van der Waals surface area contributed by atoms with Crippen LogP contribution in [0.5, 0.6) is 11.5 Å². The summed E-state index contributed by atoms with van der Waals surface area (Å²) in [4.78, 5) is 12.6. The van der Waals surface area contributed by atoms with Gasteiger partial charge in [0.1, 0.15) is 6.04 Å². The molecule has 0 aromatic heterocycles. The monoisotopic (exact) mass is 410 g/mol. The van der Waals surface area contributed by atoms with Crippen LogP contribution in [-0.4, -0.2) is 26.2 Å². The Bertz CT molecular complexity index is 827. The first-order chi connectivity index (χ1) is 12.8. The minimum Gasteiger partial charge on any atom is -0.493 e. The minimum absolute atomic E-state index is 0.150. The number of carbonyl (C=O) groups is 1. The molecule has 0 bridgehead atoms. The highest BCUT2D eigenvalue weighted by Crippen LogP contribution is 2.33. The molecule has 0 heterocycles. The predicted molar refractivity (Wildman–Crippen MR) is 110 cm³/mol. The van der Waals surface area contributed by atoms with E-state index in [1.54, 1.807) is 33.3 Å². The quantitative estimate of drug-likeness (QED) is 0.674. The number of hydrogen-bond donors (Lipinski definition) is 2. The molecule has 2 N–H and O–H groups in total. The number of ether oxygens (including phenoxy) is 2. The smallest absolute Gasteiger partial charge is 0.242 e. The zero-order valence-corrected chi connectivity index (χ0v) is 17.5. The fourth-order valence-corrected chi connectivity index (χ4v) is 3.28. The second-order valence-corrected chi connectivity index (χ2v) is 7.13. The molecule has 2 aromatic rings. The number of carbonyl (C=O) groups excluding carboxylic acids is 1. The Morgan fingerprint density at radius 3 is 2.26 bits per heavy atom. The molecular formula is C20H24Cl2N2O3. The van der Waals surface area contributed by atoms with E-state index in [4.69, 9.17) is 32.7 Å². The maximum absolute atomic E-state index is 12.6. The first-order valence-corrected chi connectivity index (χ1v) is 9.26. The maximum atomic E-state index is 12.6. The van der Waals surface area contributed by atoms with Crippen molar-refractivity contribution < 1.29 is 14.3 Å². The summed E-state index contributed by atoms with van der Waals surface area (Å²) in [7, 11) is 3.16. The topological polar surface area (TPSA) is 59.6 Å². The first-order valence-electron chi connectivity index (χ1n) is 8.51. The number of anilines is 1. The van der Waals surface area contributed by atoms with Crippen molar-refractivity contribution in [3.8, 4) is 11.5 Å². The lowest BCUT2D eigenvalue weighted by Gasteiger charge is -2.22. The normalized spacial score (nSPS) is 12.9. The van der Waals surface area contributed by atoms with Gasteiger partial charge in [0.25, 0.3) is 0 Å². The highest BCUT2D eigenvalue weighted by molar-refractivity contribution is 6.35. The van der Waals surface area contributed by atoms with E-state index in [-0.39, 0.29) is 11.9 Å². The lowest BCUT2D eigenvalue weighted by atomic mass is 10.1. The SMILES string of the molecule is COc1cc(C)c(N[C@H](C)C(=O)N[C@@H](C)c2ccc(Cl)cc2Cl)cc1OC. The van der Waals surface area contributed by atoms with Crippen LogP contribution in [0, 0.1) is 6.92 Å². The lowest BCUT2D eigenvalue weighted by Crippen LogP contribution is -2.39. The van der Waals surface area contributed by atoms with Crippen LogP contribution in [0.4, 0.5) is 5.69 Å². The third-order valence-electron chi connectivity index (χ3n) is 4.28. The van der Waals surface area contributed by atoms with Crippen molar-refractivity contribution in [2.45, 2.75) is 32.9 Å². The van der Waals surface area contributed by atoms with E-state index >= 15 is 0 Å². The van der Waals surface area contributed by atoms with Gasteiger partial charge in [-0.15, -0.1) is 0 Å². The Balaban J connectivity index is 2.09. The number of rotatable bonds is 7. The van der Waals surface area contributed by atoms with Crippen molar-refractivity contribution in [3.63, 3.8) is 0 Å². The van der Waals surface area contributed by atoms with Gasteiger partial charge in [0.2, 0.25) is 5.91 Å². The van der Waals surface area contributed by atoms with Gasteiger partial charge in [0.05, 0.1) is 20.3 Å². The minimum atomic E-state index is -0.463. The third-order valence-corrected chi connectivity index (χ3v) is 4.85. The van der Waals surface area contributed by atoms with Gasteiger partial charge in [-0.1, -0.05) is 29.3 Å². The lowest BCUT2D eigenvalue weighted by molar-refractivity contribution is -0.122. The van der Waals surface area contributed by atoms with E-state index in [1.165, 1.54) is 0 Å². The second kappa shape index (κ2) is 9.20. The zero-order chi connectivity index (χ0) is 20.1. The van der Waals surface area contributed by atoms with Crippen LogP contribution in [0.15, 0.2) is 30.3 Å². The molecule has 7 heteroatoms. The van der Waals surface area contributed by atoms with E-state index in [0.717, 1.165) is 16.8 Å². The summed E-state index contributed by atoms with van der Waals surface area (Å²) in [5.41, 5.74) is 2.55. The Kier molecular flexibility index (Phi) is 7.22. The van der Waals surface area contributed by atoms with Crippen molar-refractivity contribution in [2.75, 3.05) is 19.5 Å². The second-order valence-electron chi connectivity index (χ2n) is 6.28. The number of methoxy groups -OCH3 is 2. The molecule has 5 nitrogen and oxygen atoms in total. The van der Waals surface area contributed by atoms with Crippen LogP contribution < -0.4 is 20.1 Å². The highest BCUT2D eigenvalue weighted by Gasteiger charge is 2.19. The number of halogens is 2. The van der Waals surface area contributed by atoms with Gasteiger partial charge in [-0.3, -0.25) is 4.79 Å². The van der Waals surface area contributed by atoms with Gasteiger partial charge in [-0.25, -0.2) is 0 Å². The van der Waals surface area contributed by atoms with Gasteiger partial charge in [-0.2, -0.15) is 0 Å². The molecule has 146 valence electrons. The van der Waals surface area contributed by atoms with Crippen LogP contribution in [0.25, 0.3) is 0 Å². The van der Waals surface area contributed by atoms with Crippen LogP contribution in [0.3, 0.4) is 0 Å². The molecule has 0 saturated heterocycles. The molecular weight excluding hydrogens is 387 g/mol. The molecule has 0 aliphatic rings. The molecule has 0 aliphatic carbocycles. The fraction of sp³-hybridized carbons (Fsp3) is 0.350. The summed E-state index contributed by atoms with van der Waals surface area (Å²) in [6, 6.07) is 8.19. The average Bonchev–Trinajstić information content (AvgIpc) is 2.62. The molecule has 0 unspecified atom stereocenters. The number of nitrogens with one attached hydrogen (secondary N) is 2.